The van der Waals surface area contributed by atoms with E-state index in [0.717, 1.165) is 56.1 Å². The van der Waals surface area contributed by atoms with Gasteiger partial charge in [-0.15, -0.1) is 5.10 Å². The van der Waals surface area contributed by atoms with Crippen LogP contribution < -0.4 is 10.6 Å². The van der Waals surface area contributed by atoms with Crippen molar-refractivity contribution in [2.24, 2.45) is 0 Å². The molecule has 0 saturated carbocycles. The van der Waals surface area contributed by atoms with Gasteiger partial charge in [0, 0.05) is 18.8 Å². The number of unbranched alkanes of at least 4 members (excludes halogenated alkanes) is 7. The van der Waals surface area contributed by atoms with Gasteiger partial charge in [0.2, 0.25) is 5.16 Å². The van der Waals surface area contributed by atoms with Crippen molar-refractivity contribution in [1.29, 1.82) is 0 Å². The Morgan fingerprint density at radius 2 is 1.69 bits per heavy atom. The number of tetrazole rings is 1. The van der Waals surface area contributed by atoms with Gasteiger partial charge in [-0.3, -0.25) is 0 Å². The van der Waals surface area contributed by atoms with Crippen molar-refractivity contribution >= 4 is 17.8 Å². The average Bonchev–Trinajstić information content (AvgIpc) is 3.16. The number of thioether (sulfide) groups is 1. The van der Waals surface area contributed by atoms with Crippen LogP contribution in [0.4, 0.5) is 4.79 Å². The van der Waals surface area contributed by atoms with Crippen molar-refractivity contribution in [3.8, 4) is 0 Å². The number of urea groups is 1. The highest BCUT2D eigenvalue weighted by Crippen LogP contribution is 2.13. The molecule has 0 aliphatic heterocycles. The normalized spacial score (nSPS) is 11.1. The van der Waals surface area contributed by atoms with Crippen LogP contribution in [0, 0.1) is 0 Å². The minimum atomic E-state index is -0.0330. The number of nitrogens with zero attached hydrogens (tertiary/aromatic N) is 3. The van der Waals surface area contributed by atoms with Crippen molar-refractivity contribution in [3.05, 3.63) is 12.2 Å². The maximum Gasteiger partial charge on any atom is 0.314 e. The molecule has 0 unspecified atom stereocenters. The standard InChI is InChI=1S/C18H34N6OS/c1-2-3-11-14-19-17(25)20-15-12-9-7-5-4-6-8-10-13-16-26-18-21-23-24-22-18/h4-5H,2-3,6-16H2,1H3,(H2,19,20,25)(H,21,22,23,24)/b5-4-. The Morgan fingerprint density at radius 3 is 2.35 bits per heavy atom. The van der Waals surface area contributed by atoms with Gasteiger partial charge in [-0.25, -0.2) is 9.89 Å². The van der Waals surface area contributed by atoms with Crippen molar-refractivity contribution < 1.29 is 4.79 Å². The van der Waals surface area contributed by atoms with Crippen molar-refractivity contribution in [3.63, 3.8) is 0 Å². The molecule has 7 nitrogen and oxygen atoms in total. The van der Waals surface area contributed by atoms with E-state index in [9.17, 15) is 4.79 Å². The zero-order valence-electron chi connectivity index (χ0n) is 16.0. The predicted octanol–water partition coefficient (Wildman–Crippen LogP) is 4.07. The van der Waals surface area contributed by atoms with Crippen LogP contribution in [0.15, 0.2) is 17.3 Å². The predicted molar refractivity (Wildman–Crippen MR) is 107 cm³/mol. The Morgan fingerprint density at radius 1 is 1.00 bits per heavy atom. The molecule has 1 aromatic rings. The fraction of sp³-hybridized carbons (Fsp3) is 0.778. The first-order valence-corrected chi connectivity index (χ1v) is 10.8. The summed E-state index contributed by atoms with van der Waals surface area (Å²) in [5.41, 5.74) is 0. The highest BCUT2D eigenvalue weighted by molar-refractivity contribution is 7.99. The first kappa shape index (κ1) is 22.5. The summed E-state index contributed by atoms with van der Waals surface area (Å²) in [6, 6.07) is -0.0330. The maximum atomic E-state index is 11.5. The molecule has 8 heteroatoms. The molecule has 0 fully saturated rings. The molecule has 0 saturated heterocycles. The molecular weight excluding hydrogens is 348 g/mol. The number of nitrogens with one attached hydrogen (secondary N) is 3. The van der Waals surface area contributed by atoms with Crippen LogP contribution >= 0.6 is 11.8 Å². The van der Waals surface area contributed by atoms with E-state index in [1.54, 1.807) is 11.8 Å². The van der Waals surface area contributed by atoms with Gasteiger partial charge in [0.25, 0.3) is 0 Å². The van der Waals surface area contributed by atoms with E-state index in [1.807, 2.05) is 0 Å². The van der Waals surface area contributed by atoms with Gasteiger partial charge in [0.1, 0.15) is 0 Å². The number of amides is 2. The fourth-order valence-electron chi connectivity index (χ4n) is 2.39. The summed E-state index contributed by atoms with van der Waals surface area (Å²) in [6.45, 7) is 3.69. The number of aromatic amines is 1. The zero-order valence-corrected chi connectivity index (χ0v) is 16.8. The lowest BCUT2D eigenvalue weighted by Crippen LogP contribution is -2.36. The Labute approximate surface area is 161 Å². The van der Waals surface area contributed by atoms with Gasteiger partial charge >= 0.3 is 6.03 Å². The van der Waals surface area contributed by atoms with Crippen molar-refractivity contribution in [1.82, 2.24) is 31.3 Å². The molecule has 0 aliphatic carbocycles. The van der Waals surface area contributed by atoms with Crippen LogP contribution in [0.3, 0.4) is 0 Å². The van der Waals surface area contributed by atoms with Gasteiger partial charge in [-0.1, -0.05) is 50.1 Å². The summed E-state index contributed by atoms with van der Waals surface area (Å²) in [4.78, 5) is 11.5. The molecule has 0 aromatic carbocycles. The monoisotopic (exact) mass is 382 g/mol. The number of hydrogen-bond acceptors (Lipinski definition) is 5. The molecule has 26 heavy (non-hydrogen) atoms. The topological polar surface area (TPSA) is 95.6 Å². The summed E-state index contributed by atoms with van der Waals surface area (Å²) >= 11 is 1.67. The Balaban J connectivity index is 1.78. The summed E-state index contributed by atoms with van der Waals surface area (Å²) < 4.78 is 0. The summed E-state index contributed by atoms with van der Waals surface area (Å²) in [6.07, 6.45) is 16.0. The molecule has 1 rings (SSSR count). The van der Waals surface area contributed by atoms with E-state index in [1.165, 1.54) is 32.1 Å². The maximum absolute atomic E-state index is 11.5. The quantitative estimate of drug-likeness (QED) is 0.227. The van der Waals surface area contributed by atoms with Crippen LogP contribution in [-0.2, 0) is 0 Å². The molecule has 3 N–H and O–H groups in total. The molecular formula is C18H34N6OS. The number of H-pyrrole nitrogens is 1. The molecule has 1 heterocycles. The third-order valence-corrected chi connectivity index (χ3v) is 4.83. The Hall–Kier alpha value is -1.57. The number of carbonyl (C=O) groups excluding carboxylic acids is 1. The number of rotatable bonds is 16. The van der Waals surface area contributed by atoms with E-state index < -0.39 is 0 Å². The third-order valence-electron chi connectivity index (χ3n) is 3.90. The van der Waals surface area contributed by atoms with Crippen molar-refractivity contribution in [2.45, 2.75) is 76.3 Å². The minimum Gasteiger partial charge on any atom is -0.338 e. The first-order valence-electron chi connectivity index (χ1n) is 9.86. The second kappa shape index (κ2) is 16.9. The average molecular weight is 383 g/mol. The zero-order chi connectivity index (χ0) is 18.7. The lowest BCUT2D eigenvalue weighted by Gasteiger charge is -2.06. The SMILES string of the molecule is CCCCCNC(=O)NCCCC/C=C\CCCCCSc1nnn[nH]1. The van der Waals surface area contributed by atoms with Crippen molar-refractivity contribution in [2.75, 3.05) is 18.8 Å². The van der Waals surface area contributed by atoms with E-state index in [4.69, 9.17) is 0 Å². The van der Waals surface area contributed by atoms with Gasteiger partial charge in [0.05, 0.1) is 0 Å². The number of allylic oxidation sites excluding steroid dienone is 2. The lowest BCUT2D eigenvalue weighted by atomic mass is 10.1. The molecule has 0 aliphatic rings. The van der Waals surface area contributed by atoms with E-state index >= 15 is 0 Å². The Bertz CT molecular complexity index is 466. The van der Waals surface area contributed by atoms with E-state index in [2.05, 4.69) is 50.3 Å². The summed E-state index contributed by atoms with van der Waals surface area (Å²) in [5.74, 6) is 1.06. The second-order valence-electron chi connectivity index (χ2n) is 6.26. The fourth-order valence-corrected chi connectivity index (χ4v) is 3.13. The van der Waals surface area contributed by atoms with Gasteiger partial charge in [0.15, 0.2) is 0 Å². The molecule has 0 radical (unpaired) electrons. The molecule has 0 spiro atoms. The van der Waals surface area contributed by atoms with Gasteiger partial charge < -0.3 is 10.6 Å². The van der Waals surface area contributed by atoms with Crippen LogP contribution in [0.5, 0.6) is 0 Å². The summed E-state index contributed by atoms with van der Waals surface area (Å²) in [5, 5.41) is 20.3. The van der Waals surface area contributed by atoms with Gasteiger partial charge in [-0.05, 0) is 55.4 Å². The number of aromatic nitrogens is 4. The van der Waals surface area contributed by atoms with Crippen LogP contribution in [0.2, 0.25) is 0 Å². The van der Waals surface area contributed by atoms with Crippen LogP contribution in [0.25, 0.3) is 0 Å². The molecule has 0 atom stereocenters. The van der Waals surface area contributed by atoms with Crippen LogP contribution in [0.1, 0.15) is 71.1 Å². The van der Waals surface area contributed by atoms with E-state index in [0.29, 0.717) is 0 Å². The molecule has 1 aromatic heterocycles. The highest BCUT2D eigenvalue weighted by atomic mass is 32.2. The largest absolute Gasteiger partial charge is 0.338 e. The smallest absolute Gasteiger partial charge is 0.314 e. The van der Waals surface area contributed by atoms with E-state index in [-0.39, 0.29) is 6.03 Å². The minimum absolute atomic E-state index is 0.0330. The van der Waals surface area contributed by atoms with Gasteiger partial charge in [-0.2, -0.15) is 0 Å². The molecule has 0 bridgehead atoms. The van der Waals surface area contributed by atoms with Crippen LogP contribution in [-0.4, -0.2) is 45.5 Å². The Kier molecular flexibility index (Phi) is 14.6. The lowest BCUT2D eigenvalue weighted by molar-refractivity contribution is 0.240. The molecule has 148 valence electrons. The highest BCUT2D eigenvalue weighted by Gasteiger charge is 1.98. The summed E-state index contributed by atoms with van der Waals surface area (Å²) in [7, 11) is 0. The number of carbonyl (C=O) groups is 1. The molecule has 2 amide bonds. The first-order chi connectivity index (χ1) is 12.8. The number of hydrogen-bond donors (Lipinski definition) is 3. The third kappa shape index (κ3) is 13.7. The second-order valence-corrected chi connectivity index (χ2v) is 7.34.